The molecule has 0 N–H and O–H groups in total. The second-order valence-corrected chi connectivity index (χ2v) is 7.51. The van der Waals surface area contributed by atoms with Crippen LogP contribution in [0.1, 0.15) is 35.8 Å². The van der Waals surface area contributed by atoms with Crippen molar-refractivity contribution in [1.29, 1.82) is 0 Å². The predicted octanol–water partition coefficient (Wildman–Crippen LogP) is 4.00. The zero-order chi connectivity index (χ0) is 20.2. The van der Waals surface area contributed by atoms with Crippen molar-refractivity contribution in [2.45, 2.75) is 32.1 Å². The van der Waals surface area contributed by atoms with E-state index >= 15 is 0 Å². The smallest absolute Gasteiger partial charge is 0.230 e. The summed E-state index contributed by atoms with van der Waals surface area (Å²) in [7, 11) is 1.63. The third-order valence-electron chi connectivity index (χ3n) is 5.44. The molecule has 2 heterocycles. The summed E-state index contributed by atoms with van der Waals surface area (Å²) in [5.74, 6) is 2.40. The maximum absolute atomic E-state index is 12.7. The zero-order valence-corrected chi connectivity index (χ0v) is 16.8. The summed E-state index contributed by atoms with van der Waals surface area (Å²) in [6, 6.07) is 15.8. The fraction of sp³-hybridized carbons (Fsp3) is 0.348. The Labute approximate surface area is 170 Å². The molecule has 1 saturated heterocycles. The van der Waals surface area contributed by atoms with Crippen LogP contribution in [0.15, 0.2) is 53.1 Å². The van der Waals surface area contributed by atoms with E-state index in [2.05, 4.69) is 17.1 Å². The number of aryl methyl sites for hydroxylation is 1. The molecule has 0 saturated carbocycles. The van der Waals surface area contributed by atoms with Gasteiger partial charge in [-0.25, -0.2) is 0 Å². The van der Waals surface area contributed by atoms with Gasteiger partial charge in [0.25, 0.3) is 0 Å². The maximum atomic E-state index is 12.7. The third-order valence-corrected chi connectivity index (χ3v) is 5.44. The van der Waals surface area contributed by atoms with Crippen molar-refractivity contribution in [3.8, 4) is 17.1 Å². The molecule has 0 spiro atoms. The molecule has 0 aliphatic carbocycles. The average Bonchev–Trinajstić information content (AvgIpc) is 3.25. The van der Waals surface area contributed by atoms with Gasteiger partial charge in [0.15, 0.2) is 0 Å². The van der Waals surface area contributed by atoms with E-state index in [-0.39, 0.29) is 11.8 Å². The van der Waals surface area contributed by atoms with Gasteiger partial charge in [0.05, 0.1) is 13.5 Å². The quantitative estimate of drug-likeness (QED) is 0.657. The predicted molar refractivity (Wildman–Crippen MR) is 110 cm³/mol. The van der Waals surface area contributed by atoms with Gasteiger partial charge in [-0.05, 0) is 37.5 Å². The second kappa shape index (κ2) is 8.47. The second-order valence-electron chi connectivity index (χ2n) is 7.51. The molecule has 2 aromatic carbocycles. The topological polar surface area (TPSA) is 68.5 Å². The number of carbonyl (C=O) groups is 1. The fourth-order valence-electron chi connectivity index (χ4n) is 3.67. The van der Waals surface area contributed by atoms with Crippen molar-refractivity contribution >= 4 is 5.91 Å². The maximum Gasteiger partial charge on any atom is 0.230 e. The van der Waals surface area contributed by atoms with E-state index in [0.717, 1.165) is 29.7 Å². The van der Waals surface area contributed by atoms with E-state index < -0.39 is 0 Å². The van der Waals surface area contributed by atoms with Crippen LogP contribution >= 0.6 is 0 Å². The SMILES string of the molecule is COc1cccc(CC(=O)N2CCC(c3nc(-c4ccc(C)cc4)no3)CC2)c1. The Kier molecular flexibility index (Phi) is 5.60. The lowest BCUT2D eigenvalue weighted by molar-refractivity contribution is -0.131. The normalized spacial score (nSPS) is 14.8. The number of hydrogen-bond acceptors (Lipinski definition) is 5. The van der Waals surface area contributed by atoms with Crippen molar-refractivity contribution < 1.29 is 14.1 Å². The number of likely N-dealkylation sites (tertiary alicyclic amines) is 1. The Balaban J connectivity index is 1.34. The number of rotatable bonds is 5. The number of ether oxygens (including phenoxy) is 1. The first-order chi connectivity index (χ1) is 14.1. The molecule has 1 aromatic heterocycles. The standard InChI is InChI=1S/C23H25N3O3/c1-16-6-8-18(9-7-16)22-24-23(29-25-22)19-10-12-26(13-11-19)21(27)15-17-4-3-5-20(14-17)28-2/h3-9,14,19H,10-13,15H2,1-2H3. The first-order valence-corrected chi connectivity index (χ1v) is 9.94. The van der Waals surface area contributed by atoms with Crippen LogP contribution in [-0.2, 0) is 11.2 Å². The highest BCUT2D eigenvalue weighted by atomic mass is 16.5. The molecular weight excluding hydrogens is 366 g/mol. The van der Waals surface area contributed by atoms with Crippen LogP contribution in [0.25, 0.3) is 11.4 Å². The molecular formula is C23H25N3O3. The number of methoxy groups -OCH3 is 1. The average molecular weight is 391 g/mol. The minimum Gasteiger partial charge on any atom is -0.497 e. The molecule has 6 heteroatoms. The number of carbonyl (C=O) groups excluding carboxylic acids is 1. The van der Waals surface area contributed by atoms with Gasteiger partial charge in [-0.2, -0.15) is 4.98 Å². The van der Waals surface area contributed by atoms with Crippen LogP contribution in [0, 0.1) is 6.92 Å². The van der Waals surface area contributed by atoms with Crippen molar-refractivity contribution in [2.24, 2.45) is 0 Å². The minimum atomic E-state index is 0.141. The lowest BCUT2D eigenvalue weighted by Crippen LogP contribution is -2.38. The van der Waals surface area contributed by atoms with Gasteiger partial charge < -0.3 is 14.2 Å². The molecule has 3 aromatic rings. The Bertz CT molecular complexity index is 973. The summed E-state index contributed by atoms with van der Waals surface area (Å²) >= 11 is 0. The Hall–Kier alpha value is -3.15. The molecule has 1 aliphatic rings. The largest absolute Gasteiger partial charge is 0.497 e. The highest BCUT2D eigenvalue weighted by Gasteiger charge is 2.27. The Morgan fingerprint density at radius 3 is 2.66 bits per heavy atom. The van der Waals surface area contributed by atoms with Crippen LogP contribution < -0.4 is 4.74 Å². The van der Waals surface area contributed by atoms with Gasteiger partial charge in [-0.1, -0.05) is 47.1 Å². The van der Waals surface area contributed by atoms with Gasteiger partial charge in [-0.15, -0.1) is 0 Å². The lowest BCUT2D eigenvalue weighted by atomic mass is 9.96. The van der Waals surface area contributed by atoms with Crippen LogP contribution in [-0.4, -0.2) is 41.1 Å². The number of nitrogens with zero attached hydrogens (tertiary/aromatic N) is 3. The molecule has 4 rings (SSSR count). The van der Waals surface area contributed by atoms with Crippen molar-refractivity contribution in [3.63, 3.8) is 0 Å². The molecule has 1 fully saturated rings. The fourth-order valence-corrected chi connectivity index (χ4v) is 3.67. The van der Waals surface area contributed by atoms with E-state index in [1.54, 1.807) is 7.11 Å². The summed E-state index contributed by atoms with van der Waals surface area (Å²) in [5.41, 5.74) is 3.12. The molecule has 6 nitrogen and oxygen atoms in total. The molecule has 0 radical (unpaired) electrons. The number of benzene rings is 2. The summed E-state index contributed by atoms with van der Waals surface area (Å²) < 4.78 is 10.8. The molecule has 150 valence electrons. The van der Waals surface area contributed by atoms with Crippen LogP contribution in [0.3, 0.4) is 0 Å². The van der Waals surface area contributed by atoms with Crippen LogP contribution in [0.4, 0.5) is 0 Å². The van der Waals surface area contributed by atoms with E-state index in [9.17, 15) is 4.79 Å². The first-order valence-electron chi connectivity index (χ1n) is 9.94. The number of piperidine rings is 1. The zero-order valence-electron chi connectivity index (χ0n) is 16.8. The summed E-state index contributed by atoms with van der Waals surface area (Å²) in [6.45, 7) is 3.46. The van der Waals surface area contributed by atoms with E-state index in [1.807, 2.05) is 53.4 Å². The van der Waals surface area contributed by atoms with Crippen LogP contribution in [0.5, 0.6) is 5.75 Å². The molecule has 29 heavy (non-hydrogen) atoms. The molecule has 0 bridgehead atoms. The van der Waals surface area contributed by atoms with Gasteiger partial charge in [0.2, 0.25) is 17.6 Å². The monoisotopic (exact) mass is 391 g/mol. The van der Waals surface area contributed by atoms with Gasteiger partial charge in [0.1, 0.15) is 5.75 Å². The van der Waals surface area contributed by atoms with E-state index in [0.29, 0.717) is 31.2 Å². The van der Waals surface area contributed by atoms with Crippen molar-refractivity contribution in [1.82, 2.24) is 15.0 Å². The van der Waals surface area contributed by atoms with Crippen LogP contribution in [0.2, 0.25) is 0 Å². The lowest BCUT2D eigenvalue weighted by Gasteiger charge is -2.30. The van der Waals surface area contributed by atoms with Gasteiger partial charge >= 0.3 is 0 Å². The number of amides is 1. The summed E-state index contributed by atoms with van der Waals surface area (Å²) in [6.07, 6.45) is 2.05. The first kappa shape index (κ1) is 19.2. The Morgan fingerprint density at radius 2 is 1.93 bits per heavy atom. The number of hydrogen-bond donors (Lipinski definition) is 0. The third kappa shape index (κ3) is 4.47. The molecule has 1 aliphatic heterocycles. The highest BCUT2D eigenvalue weighted by molar-refractivity contribution is 5.79. The van der Waals surface area contributed by atoms with E-state index in [4.69, 9.17) is 9.26 Å². The van der Waals surface area contributed by atoms with Crippen molar-refractivity contribution in [3.05, 3.63) is 65.5 Å². The van der Waals surface area contributed by atoms with E-state index in [1.165, 1.54) is 5.56 Å². The molecule has 0 unspecified atom stereocenters. The van der Waals surface area contributed by atoms with Gasteiger partial charge in [0, 0.05) is 24.6 Å². The molecule has 0 atom stereocenters. The Morgan fingerprint density at radius 1 is 1.17 bits per heavy atom. The summed E-state index contributed by atoms with van der Waals surface area (Å²) in [5, 5.41) is 4.14. The van der Waals surface area contributed by atoms with Gasteiger partial charge in [-0.3, -0.25) is 4.79 Å². The summed E-state index contributed by atoms with van der Waals surface area (Å²) in [4.78, 5) is 19.2. The molecule has 1 amide bonds. The number of aromatic nitrogens is 2. The highest BCUT2D eigenvalue weighted by Crippen LogP contribution is 2.29. The minimum absolute atomic E-state index is 0.141. The van der Waals surface area contributed by atoms with Crippen molar-refractivity contribution in [2.75, 3.05) is 20.2 Å².